The van der Waals surface area contributed by atoms with Crippen LogP contribution in [0.15, 0.2) is 54.2 Å². The van der Waals surface area contributed by atoms with Crippen molar-refractivity contribution in [3.05, 3.63) is 64.7 Å². The number of aryl methyl sites for hydroxylation is 1. The van der Waals surface area contributed by atoms with Gasteiger partial charge in [0, 0.05) is 41.9 Å². The Morgan fingerprint density at radius 3 is 2.79 bits per heavy atom. The van der Waals surface area contributed by atoms with Crippen molar-refractivity contribution in [2.24, 2.45) is 0 Å². The van der Waals surface area contributed by atoms with E-state index in [4.69, 9.17) is 5.26 Å². The molecule has 24 heavy (non-hydrogen) atoms. The molecule has 0 saturated heterocycles. The summed E-state index contributed by atoms with van der Waals surface area (Å²) in [6, 6.07) is 12.7. The molecule has 1 N–H and O–H groups in total. The standard InChI is InChI=1S/C18H14N4OS/c19-10-13-3-5-15(6-4-13)21-17(23)7-8-18-22-16(12-24-18)14-2-1-9-20-11-14/h1-6,9,11-12H,7-8H2,(H,21,23). The van der Waals surface area contributed by atoms with Crippen molar-refractivity contribution in [1.29, 1.82) is 5.26 Å². The van der Waals surface area contributed by atoms with Crippen LogP contribution >= 0.6 is 11.3 Å². The average Bonchev–Trinajstić information content (AvgIpc) is 3.10. The fourth-order valence-corrected chi connectivity index (χ4v) is 2.95. The number of anilines is 1. The van der Waals surface area contributed by atoms with Crippen molar-refractivity contribution in [3.63, 3.8) is 0 Å². The van der Waals surface area contributed by atoms with Crippen LogP contribution in [0.5, 0.6) is 0 Å². The van der Waals surface area contributed by atoms with Gasteiger partial charge in [-0.15, -0.1) is 11.3 Å². The second kappa shape index (κ2) is 7.49. The molecule has 0 radical (unpaired) electrons. The molecular formula is C18H14N4OS. The number of hydrogen-bond donors (Lipinski definition) is 1. The molecule has 1 amide bonds. The van der Waals surface area contributed by atoms with Gasteiger partial charge >= 0.3 is 0 Å². The third kappa shape index (κ3) is 4.03. The fraction of sp³-hybridized carbons (Fsp3) is 0.111. The lowest BCUT2D eigenvalue weighted by atomic mass is 10.2. The van der Waals surface area contributed by atoms with Crippen molar-refractivity contribution in [3.8, 4) is 17.3 Å². The molecule has 6 heteroatoms. The first-order chi connectivity index (χ1) is 11.7. The van der Waals surface area contributed by atoms with Crippen LogP contribution in [0.1, 0.15) is 17.0 Å². The lowest BCUT2D eigenvalue weighted by Crippen LogP contribution is -2.12. The molecule has 3 aromatic rings. The normalized spacial score (nSPS) is 10.1. The zero-order valence-corrected chi connectivity index (χ0v) is 13.6. The monoisotopic (exact) mass is 334 g/mol. The average molecular weight is 334 g/mol. The number of rotatable bonds is 5. The largest absolute Gasteiger partial charge is 0.326 e. The lowest BCUT2D eigenvalue weighted by Gasteiger charge is -2.04. The smallest absolute Gasteiger partial charge is 0.224 e. The van der Waals surface area contributed by atoms with Gasteiger partial charge < -0.3 is 5.32 Å². The summed E-state index contributed by atoms with van der Waals surface area (Å²) in [7, 11) is 0. The van der Waals surface area contributed by atoms with Crippen LogP contribution in [0, 0.1) is 11.3 Å². The van der Waals surface area contributed by atoms with Crippen molar-refractivity contribution in [2.75, 3.05) is 5.32 Å². The topological polar surface area (TPSA) is 78.7 Å². The number of thiazole rings is 1. The highest BCUT2D eigenvalue weighted by atomic mass is 32.1. The molecule has 2 heterocycles. The SMILES string of the molecule is N#Cc1ccc(NC(=O)CCc2nc(-c3cccnc3)cs2)cc1. The van der Waals surface area contributed by atoms with Gasteiger partial charge in [0.1, 0.15) is 0 Å². The molecule has 0 spiro atoms. The van der Waals surface area contributed by atoms with Crippen LogP contribution in [0.2, 0.25) is 0 Å². The Morgan fingerprint density at radius 2 is 2.08 bits per heavy atom. The molecule has 0 aliphatic heterocycles. The van der Waals surface area contributed by atoms with Crippen LogP contribution in [0.4, 0.5) is 5.69 Å². The number of nitrogens with one attached hydrogen (secondary N) is 1. The van der Waals surface area contributed by atoms with Crippen LogP contribution in [-0.4, -0.2) is 15.9 Å². The van der Waals surface area contributed by atoms with E-state index >= 15 is 0 Å². The van der Waals surface area contributed by atoms with E-state index < -0.39 is 0 Å². The Bertz CT molecular complexity index is 866. The predicted octanol–water partition coefficient (Wildman–Crippen LogP) is 3.65. The van der Waals surface area contributed by atoms with E-state index in [9.17, 15) is 4.79 Å². The van der Waals surface area contributed by atoms with Crippen molar-refractivity contribution < 1.29 is 4.79 Å². The van der Waals surface area contributed by atoms with E-state index in [2.05, 4.69) is 15.3 Å². The van der Waals surface area contributed by atoms with Gasteiger partial charge in [-0.2, -0.15) is 5.26 Å². The molecule has 0 fully saturated rings. The maximum atomic E-state index is 12.0. The number of pyridine rings is 1. The summed E-state index contributed by atoms with van der Waals surface area (Å²) in [5.74, 6) is -0.0714. The minimum Gasteiger partial charge on any atom is -0.326 e. The number of carbonyl (C=O) groups is 1. The Labute approximate surface area is 143 Å². The molecule has 2 aromatic heterocycles. The van der Waals surface area contributed by atoms with Crippen molar-refractivity contribution >= 4 is 22.9 Å². The highest BCUT2D eigenvalue weighted by Crippen LogP contribution is 2.21. The van der Waals surface area contributed by atoms with Gasteiger partial charge in [-0.25, -0.2) is 4.98 Å². The predicted molar refractivity (Wildman–Crippen MR) is 93.5 cm³/mol. The van der Waals surface area contributed by atoms with Gasteiger partial charge in [-0.05, 0) is 36.4 Å². The zero-order valence-electron chi connectivity index (χ0n) is 12.8. The first-order valence-corrected chi connectivity index (χ1v) is 8.27. The van der Waals surface area contributed by atoms with E-state index in [1.807, 2.05) is 23.6 Å². The van der Waals surface area contributed by atoms with Gasteiger partial charge in [-0.3, -0.25) is 9.78 Å². The van der Waals surface area contributed by atoms with Gasteiger partial charge in [-0.1, -0.05) is 0 Å². The van der Waals surface area contributed by atoms with E-state index in [0.717, 1.165) is 16.3 Å². The number of nitriles is 1. The van der Waals surface area contributed by atoms with Gasteiger partial charge in [0.05, 0.1) is 22.3 Å². The summed E-state index contributed by atoms with van der Waals surface area (Å²) in [4.78, 5) is 20.6. The second-order valence-electron chi connectivity index (χ2n) is 5.11. The molecule has 0 saturated carbocycles. The minimum absolute atomic E-state index is 0.0714. The molecule has 0 atom stereocenters. The summed E-state index contributed by atoms with van der Waals surface area (Å²) in [5, 5.41) is 14.5. The summed E-state index contributed by atoms with van der Waals surface area (Å²) in [5.41, 5.74) is 3.12. The summed E-state index contributed by atoms with van der Waals surface area (Å²) in [6.07, 6.45) is 4.45. The molecule has 0 aliphatic rings. The minimum atomic E-state index is -0.0714. The number of amides is 1. The Kier molecular flexibility index (Phi) is 4.94. The number of carbonyl (C=O) groups excluding carboxylic acids is 1. The maximum absolute atomic E-state index is 12.0. The fourth-order valence-electron chi connectivity index (χ4n) is 2.14. The Morgan fingerprint density at radius 1 is 1.25 bits per heavy atom. The number of aromatic nitrogens is 2. The van der Waals surface area contributed by atoms with Gasteiger partial charge in [0.2, 0.25) is 5.91 Å². The van der Waals surface area contributed by atoms with E-state index in [1.165, 1.54) is 0 Å². The summed E-state index contributed by atoms with van der Waals surface area (Å²) >= 11 is 1.54. The third-order valence-corrected chi connectivity index (χ3v) is 4.28. The Balaban J connectivity index is 1.55. The molecular weight excluding hydrogens is 320 g/mol. The molecule has 0 aliphatic carbocycles. The molecule has 118 valence electrons. The van der Waals surface area contributed by atoms with Gasteiger partial charge in [0.25, 0.3) is 0 Å². The van der Waals surface area contributed by atoms with Crippen molar-refractivity contribution in [1.82, 2.24) is 9.97 Å². The number of benzene rings is 1. The lowest BCUT2D eigenvalue weighted by molar-refractivity contribution is -0.116. The zero-order chi connectivity index (χ0) is 16.8. The van der Waals surface area contributed by atoms with E-state index in [0.29, 0.717) is 24.1 Å². The molecule has 0 bridgehead atoms. The number of hydrogen-bond acceptors (Lipinski definition) is 5. The van der Waals surface area contributed by atoms with Crippen LogP contribution < -0.4 is 5.32 Å². The van der Waals surface area contributed by atoms with E-state index in [-0.39, 0.29) is 5.91 Å². The van der Waals surface area contributed by atoms with Crippen LogP contribution in [-0.2, 0) is 11.2 Å². The molecule has 0 unspecified atom stereocenters. The first-order valence-electron chi connectivity index (χ1n) is 7.39. The maximum Gasteiger partial charge on any atom is 0.224 e. The quantitative estimate of drug-likeness (QED) is 0.772. The van der Waals surface area contributed by atoms with Crippen LogP contribution in [0.25, 0.3) is 11.3 Å². The molecule has 1 aromatic carbocycles. The van der Waals surface area contributed by atoms with E-state index in [1.54, 1.807) is 48.0 Å². The highest BCUT2D eigenvalue weighted by molar-refractivity contribution is 7.09. The molecule has 3 rings (SSSR count). The Hall–Kier alpha value is -3.04. The molecule has 5 nitrogen and oxygen atoms in total. The number of nitrogens with zero attached hydrogens (tertiary/aromatic N) is 3. The van der Waals surface area contributed by atoms with Gasteiger partial charge in [0.15, 0.2) is 0 Å². The second-order valence-corrected chi connectivity index (χ2v) is 6.05. The summed E-state index contributed by atoms with van der Waals surface area (Å²) in [6.45, 7) is 0. The highest BCUT2D eigenvalue weighted by Gasteiger charge is 2.08. The van der Waals surface area contributed by atoms with Crippen molar-refractivity contribution in [2.45, 2.75) is 12.8 Å². The summed E-state index contributed by atoms with van der Waals surface area (Å²) < 4.78 is 0. The first kappa shape index (κ1) is 15.8. The van der Waals surface area contributed by atoms with Crippen LogP contribution in [0.3, 0.4) is 0 Å². The third-order valence-electron chi connectivity index (χ3n) is 3.37.